The van der Waals surface area contributed by atoms with Crippen molar-refractivity contribution in [1.29, 1.82) is 0 Å². The first-order valence-electron chi connectivity index (χ1n) is 4.75. The molecular formula is C11H13Cl2N. The molecule has 3 heteroatoms. The highest BCUT2D eigenvalue weighted by Gasteiger charge is 2.29. The SMILES string of the molecule is CC1(C)NCCc2ccc(Cl)c(Cl)c21. The van der Waals surface area contributed by atoms with E-state index in [1.54, 1.807) is 0 Å². The Morgan fingerprint density at radius 1 is 1.29 bits per heavy atom. The third-order valence-electron chi connectivity index (χ3n) is 2.77. The normalized spacial score (nSPS) is 19.1. The first kappa shape index (κ1) is 10.3. The lowest BCUT2D eigenvalue weighted by Gasteiger charge is -2.35. The Morgan fingerprint density at radius 2 is 2.00 bits per heavy atom. The Bertz CT molecular complexity index is 372. The molecule has 0 atom stereocenters. The molecule has 0 amide bonds. The summed E-state index contributed by atoms with van der Waals surface area (Å²) in [5, 5.41) is 4.78. The third kappa shape index (κ3) is 1.54. The summed E-state index contributed by atoms with van der Waals surface area (Å²) < 4.78 is 0. The zero-order valence-corrected chi connectivity index (χ0v) is 9.84. The minimum Gasteiger partial charge on any atom is -0.307 e. The van der Waals surface area contributed by atoms with E-state index in [2.05, 4.69) is 25.2 Å². The predicted octanol–water partition coefficient (Wildman–Crippen LogP) is 3.37. The van der Waals surface area contributed by atoms with Crippen LogP contribution in [-0.2, 0) is 12.0 Å². The number of benzene rings is 1. The number of hydrogen-bond donors (Lipinski definition) is 1. The molecule has 1 aliphatic rings. The van der Waals surface area contributed by atoms with Gasteiger partial charge in [0.2, 0.25) is 0 Å². The molecule has 0 saturated heterocycles. The summed E-state index contributed by atoms with van der Waals surface area (Å²) >= 11 is 12.2. The van der Waals surface area contributed by atoms with Crippen LogP contribution in [0.1, 0.15) is 25.0 Å². The van der Waals surface area contributed by atoms with Crippen molar-refractivity contribution in [3.63, 3.8) is 0 Å². The lowest BCUT2D eigenvalue weighted by molar-refractivity contribution is 0.382. The number of halogens is 2. The number of hydrogen-bond acceptors (Lipinski definition) is 1. The molecule has 0 unspecified atom stereocenters. The van der Waals surface area contributed by atoms with E-state index >= 15 is 0 Å². The van der Waals surface area contributed by atoms with Gasteiger partial charge in [0.15, 0.2) is 0 Å². The zero-order valence-electron chi connectivity index (χ0n) is 8.32. The van der Waals surface area contributed by atoms with Crippen LogP contribution in [0, 0.1) is 0 Å². The maximum atomic E-state index is 6.22. The molecule has 1 aromatic carbocycles. The van der Waals surface area contributed by atoms with Gasteiger partial charge >= 0.3 is 0 Å². The molecule has 1 aromatic rings. The van der Waals surface area contributed by atoms with E-state index in [0.717, 1.165) is 18.5 Å². The highest BCUT2D eigenvalue weighted by atomic mass is 35.5. The van der Waals surface area contributed by atoms with E-state index in [9.17, 15) is 0 Å². The van der Waals surface area contributed by atoms with Gasteiger partial charge in [-0.2, -0.15) is 0 Å². The van der Waals surface area contributed by atoms with Crippen LogP contribution in [0.3, 0.4) is 0 Å². The van der Waals surface area contributed by atoms with Crippen molar-refractivity contribution >= 4 is 23.2 Å². The van der Waals surface area contributed by atoms with Crippen LogP contribution < -0.4 is 5.32 Å². The molecule has 0 aliphatic carbocycles. The molecule has 76 valence electrons. The molecule has 1 N–H and O–H groups in total. The Balaban J connectivity index is 2.66. The van der Waals surface area contributed by atoms with Crippen LogP contribution >= 0.6 is 23.2 Å². The summed E-state index contributed by atoms with van der Waals surface area (Å²) in [6.45, 7) is 5.26. The van der Waals surface area contributed by atoms with E-state index in [4.69, 9.17) is 23.2 Å². The second-order valence-corrected chi connectivity index (χ2v) is 4.98. The van der Waals surface area contributed by atoms with Gasteiger partial charge in [0.05, 0.1) is 10.0 Å². The minimum absolute atomic E-state index is 0.0738. The van der Waals surface area contributed by atoms with Gasteiger partial charge in [0.25, 0.3) is 0 Å². The second kappa shape index (κ2) is 3.41. The Labute approximate surface area is 94.4 Å². The first-order valence-corrected chi connectivity index (χ1v) is 5.50. The van der Waals surface area contributed by atoms with Gasteiger partial charge < -0.3 is 5.32 Å². The van der Waals surface area contributed by atoms with E-state index in [-0.39, 0.29) is 5.54 Å². The van der Waals surface area contributed by atoms with Crippen molar-refractivity contribution in [3.05, 3.63) is 33.3 Å². The summed E-state index contributed by atoms with van der Waals surface area (Å²) in [5.41, 5.74) is 2.39. The summed E-state index contributed by atoms with van der Waals surface area (Å²) in [4.78, 5) is 0. The molecule has 0 bridgehead atoms. The molecule has 0 radical (unpaired) electrons. The Kier molecular flexibility index (Phi) is 2.50. The number of nitrogens with one attached hydrogen (secondary N) is 1. The molecule has 14 heavy (non-hydrogen) atoms. The van der Waals surface area contributed by atoms with Gasteiger partial charge in [-0.25, -0.2) is 0 Å². The number of fused-ring (bicyclic) bond motifs is 1. The average Bonchev–Trinajstić information content (AvgIpc) is 2.10. The zero-order chi connectivity index (χ0) is 10.3. The van der Waals surface area contributed by atoms with Gasteiger partial charge in [0.1, 0.15) is 0 Å². The molecule has 0 saturated carbocycles. The van der Waals surface area contributed by atoms with E-state index in [1.807, 2.05) is 6.07 Å². The van der Waals surface area contributed by atoms with Crippen LogP contribution in [-0.4, -0.2) is 6.54 Å². The van der Waals surface area contributed by atoms with Crippen molar-refractivity contribution in [2.24, 2.45) is 0 Å². The second-order valence-electron chi connectivity index (χ2n) is 4.20. The summed E-state index contributed by atoms with van der Waals surface area (Å²) in [6.07, 6.45) is 1.02. The number of rotatable bonds is 0. The molecule has 2 rings (SSSR count). The van der Waals surface area contributed by atoms with Crippen LogP contribution in [0.5, 0.6) is 0 Å². The van der Waals surface area contributed by atoms with Crippen LogP contribution in [0.15, 0.2) is 12.1 Å². The fraction of sp³-hybridized carbons (Fsp3) is 0.455. The van der Waals surface area contributed by atoms with Crippen molar-refractivity contribution in [2.75, 3.05) is 6.54 Å². The van der Waals surface area contributed by atoms with Gasteiger partial charge in [-0.1, -0.05) is 29.3 Å². The first-order chi connectivity index (χ1) is 6.52. The maximum absolute atomic E-state index is 6.22. The fourth-order valence-electron chi connectivity index (χ4n) is 2.07. The molecule has 0 spiro atoms. The monoisotopic (exact) mass is 229 g/mol. The van der Waals surface area contributed by atoms with Crippen LogP contribution in [0.2, 0.25) is 10.0 Å². The van der Waals surface area contributed by atoms with Gasteiger partial charge in [-0.3, -0.25) is 0 Å². The van der Waals surface area contributed by atoms with Gasteiger partial charge in [-0.05, 0) is 44.0 Å². The lowest BCUT2D eigenvalue weighted by Crippen LogP contribution is -2.42. The Morgan fingerprint density at radius 3 is 2.71 bits per heavy atom. The highest BCUT2D eigenvalue weighted by Crippen LogP contribution is 2.37. The fourth-order valence-corrected chi connectivity index (χ4v) is 2.65. The van der Waals surface area contributed by atoms with Crippen LogP contribution in [0.4, 0.5) is 0 Å². The van der Waals surface area contributed by atoms with Crippen molar-refractivity contribution < 1.29 is 0 Å². The Hall–Kier alpha value is -0.240. The minimum atomic E-state index is -0.0738. The van der Waals surface area contributed by atoms with E-state index < -0.39 is 0 Å². The molecule has 0 fully saturated rings. The van der Waals surface area contributed by atoms with Crippen molar-refractivity contribution in [1.82, 2.24) is 5.32 Å². The molecule has 1 heterocycles. The predicted molar refractivity (Wildman–Crippen MR) is 61.2 cm³/mol. The topological polar surface area (TPSA) is 12.0 Å². The molecule has 0 aromatic heterocycles. The standard InChI is InChI=1S/C11H13Cl2N/c1-11(2)9-7(5-6-14-11)3-4-8(12)10(9)13/h3-4,14H,5-6H2,1-2H3. The summed E-state index contributed by atoms with van der Waals surface area (Å²) in [6, 6.07) is 3.95. The van der Waals surface area contributed by atoms with Gasteiger partial charge in [-0.15, -0.1) is 0 Å². The average molecular weight is 230 g/mol. The maximum Gasteiger partial charge on any atom is 0.0645 e. The summed E-state index contributed by atoms with van der Waals surface area (Å²) in [5.74, 6) is 0. The molecule has 1 aliphatic heterocycles. The van der Waals surface area contributed by atoms with Crippen LogP contribution in [0.25, 0.3) is 0 Å². The lowest BCUT2D eigenvalue weighted by atomic mass is 9.85. The largest absolute Gasteiger partial charge is 0.307 e. The van der Waals surface area contributed by atoms with Gasteiger partial charge in [0, 0.05) is 5.54 Å². The molecule has 1 nitrogen and oxygen atoms in total. The van der Waals surface area contributed by atoms with E-state index in [0.29, 0.717) is 10.0 Å². The summed E-state index contributed by atoms with van der Waals surface area (Å²) in [7, 11) is 0. The molecular weight excluding hydrogens is 217 g/mol. The quantitative estimate of drug-likeness (QED) is 0.720. The van der Waals surface area contributed by atoms with Crippen molar-refractivity contribution in [3.8, 4) is 0 Å². The third-order valence-corrected chi connectivity index (χ3v) is 3.57. The van der Waals surface area contributed by atoms with Crippen molar-refractivity contribution in [2.45, 2.75) is 25.8 Å². The smallest absolute Gasteiger partial charge is 0.0645 e. The highest BCUT2D eigenvalue weighted by molar-refractivity contribution is 6.42. The van der Waals surface area contributed by atoms with E-state index in [1.165, 1.54) is 5.56 Å².